The number of benzene rings is 2. The lowest BCUT2D eigenvalue weighted by atomic mass is 9.86. The monoisotopic (exact) mass is 344 g/mol. The number of nitrogens with zero attached hydrogens (tertiary/aromatic N) is 2. The van der Waals surface area contributed by atoms with Crippen LogP contribution in [-0.2, 0) is 15.4 Å². The van der Waals surface area contributed by atoms with E-state index >= 15 is 0 Å². The number of ether oxygens (including phenoxy) is 1. The van der Waals surface area contributed by atoms with Crippen molar-refractivity contribution in [3.05, 3.63) is 54.4 Å². The van der Waals surface area contributed by atoms with Crippen LogP contribution in [0.2, 0.25) is 0 Å². The lowest BCUT2D eigenvalue weighted by molar-refractivity contribution is 0.397. The molecule has 0 spiro atoms. The number of hydrogen-bond donors (Lipinski definition) is 0. The second kappa shape index (κ2) is 5.63. The van der Waals surface area contributed by atoms with Gasteiger partial charge in [0.25, 0.3) is 10.0 Å². The van der Waals surface area contributed by atoms with E-state index in [1.165, 1.54) is 10.3 Å². The van der Waals surface area contributed by atoms with Gasteiger partial charge in [0.05, 0.1) is 23.0 Å². The molecule has 0 aliphatic carbocycles. The van der Waals surface area contributed by atoms with E-state index in [0.717, 1.165) is 5.56 Å². The Labute approximate surface area is 142 Å². The number of para-hydroxylation sites is 2. The first kappa shape index (κ1) is 16.5. The average Bonchev–Trinajstić information content (AvgIpc) is 2.98. The molecule has 2 aromatic carbocycles. The first-order chi connectivity index (χ1) is 11.2. The minimum Gasteiger partial charge on any atom is -0.496 e. The highest BCUT2D eigenvalue weighted by atomic mass is 32.2. The van der Waals surface area contributed by atoms with Gasteiger partial charge in [0, 0.05) is 5.56 Å². The van der Waals surface area contributed by atoms with Crippen LogP contribution >= 0.6 is 0 Å². The van der Waals surface area contributed by atoms with E-state index < -0.39 is 10.0 Å². The number of fused-ring (bicyclic) bond motifs is 1. The topological polar surface area (TPSA) is 61.2 Å². The zero-order valence-corrected chi connectivity index (χ0v) is 15.0. The van der Waals surface area contributed by atoms with Gasteiger partial charge < -0.3 is 4.74 Å². The predicted molar refractivity (Wildman–Crippen MR) is 94.0 cm³/mol. The number of imidazole rings is 1. The zero-order chi connectivity index (χ0) is 17.5. The zero-order valence-electron chi connectivity index (χ0n) is 14.1. The lowest BCUT2D eigenvalue weighted by Gasteiger charge is -2.23. The third-order valence-corrected chi connectivity index (χ3v) is 5.62. The fraction of sp³-hybridized carbons (Fsp3) is 0.278. The van der Waals surface area contributed by atoms with Gasteiger partial charge in [-0.3, -0.25) is 0 Å². The Morgan fingerprint density at radius 3 is 2.46 bits per heavy atom. The van der Waals surface area contributed by atoms with Gasteiger partial charge in [0.2, 0.25) is 0 Å². The van der Waals surface area contributed by atoms with Gasteiger partial charge in [-0.15, -0.1) is 0 Å². The van der Waals surface area contributed by atoms with Crippen LogP contribution in [0.25, 0.3) is 11.0 Å². The molecular weight excluding hydrogens is 324 g/mol. The van der Waals surface area contributed by atoms with Gasteiger partial charge >= 0.3 is 0 Å². The molecule has 0 fully saturated rings. The number of rotatable bonds is 3. The van der Waals surface area contributed by atoms with E-state index in [-0.39, 0.29) is 10.3 Å². The quantitative estimate of drug-likeness (QED) is 0.728. The second-order valence-electron chi connectivity index (χ2n) is 6.65. The molecule has 3 rings (SSSR count). The Kier molecular flexibility index (Phi) is 3.87. The van der Waals surface area contributed by atoms with Crippen molar-refractivity contribution in [3.63, 3.8) is 0 Å². The molecule has 0 saturated heterocycles. The van der Waals surface area contributed by atoms with Gasteiger partial charge in [-0.1, -0.05) is 32.9 Å². The number of hydrogen-bond acceptors (Lipinski definition) is 4. The molecule has 24 heavy (non-hydrogen) atoms. The van der Waals surface area contributed by atoms with Gasteiger partial charge in [0.15, 0.2) is 0 Å². The summed E-state index contributed by atoms with van der Waals surface area (Å²) in [4.78, 5) is 4.39. The molecule has 0 aliphatic heterocycles. The van der Waals surface area contributed by atoms with Crippen LogP contribution < -0.4 is 4.74 Å². The summed E-state index contributed by atoms with van der Waals surface area (Å²) in [7, 11) is -2.15. The Morgan fingerprint density at radius 2 is 1.79 bits per heavy atom. The molecule has 1 aromatic heterocycles. The van der Waals surface area contributed by atoms with Crippen molar-refractivity contribution in [2.24, 2.45) is 0 Å². The Balaban J connectivity index is 2.21. The maximum Gasteiger partial charge on any atom is 0.269 e. The Morgan fingerprint density at radius 1 is 1.08 bits per heavy atom. The molecule has 0 saturated carbocycles. The fourth-order valence-electron chi connectivity index (χ4n) is 2.68. The highest BCUT2D eigenvalue weighted by Crippen LogP contribution is 2.34. The largest absolute Gasteiger partial charge is 0.496 e. The summed E-state index contributed by atoms with van der Waals surface area (Å²) in [5, 5.41) is 0. The normalized spacial score (nSPS) is 12.5. The molecule has 0 radical (unpaired) electrons. The van der Waals surface area contributed by atoms with Crippen molar-refractivity contribution in [2.45, 2.75) is 31.1 Å². The van der Waals surface area contributed by atoms with Crippen LogP contribution in [0.4, 0.5) is 0 Å². The summed E-state index contributed by atoms with van der Waals surface area (Å²) in [6.45, 7) is 6.07. The van der Waals surface area contributed by atoms with Crippen LogP contribution in [0, 0.1) is 0 Å². The molecule has 5 nitrogen and oxygen atoms in total. The highest BCUT2D eigenvalue weighted by molar-refractivity contribution is 7.90. The van der Waals surface area contributed by atoms with Crippen molar-refractivity contribution in [1.29, 1.82) is 0 Å². The van der Waals surface area contributed by atoms with Crippen LogP contribution in [0.5, 0.6) is 5.75 Å². The van der Waals surface area contributed by atoms with Crippen LogP contribution in [0.1, 0.15) is 26.3 Å². The maximum atomic E-state index is 13.1. The number of aromatic nitrogens is 2. The Hall–Kier alpha value is -2.34. The molecule has 0 atom stereocenters. The van der Waals surface area contributed by atoms with Crippen molar-refractivity contribution >= 4 is 21.1 Å². The first-order valence-electron chi connectivity index (χ1n) is 7.61. The molecule has 6 heteroatoms. The summed E-state index contributed by atoms with van der Waals surface area (Å²) in [5.74, 6) is 0.678. The van der Waals surface area contributed by atoms with Crippen LogP contribution in [0.3, 0.4) is 0 Å². The fourth-order valence-corrected chi connectivity index (χ4v) is 3.99. The molecule has 126 valence electrons. The lowest BCUT2D eigenvalue weighted by Crippen LogP contribution is -2.16. The minimum atomic E-state index is -3.73. The third-order valence-electron chi connectivity index (χ3n) is 3.96. The van der Waals surface area contributed by atoms with E-state index in [4.69, 9.17) is 4.74 Å². The maximum absolute atomic E-state index is 13.1. The minimum absolute atomic E-state index is 0.219. The molecule has 0 unspecified atom stereocenters. The van der Waals surface area contributed by atoms with Crippen molar-refractivity contribution in [1.82, 2.24) is 8.96 Å². The van der Waals surface area contributed by atoms with Crippen LogP contribution in [0.15, 0.2) is 53.7 Å². The van der Waals surface area contributed by atoms with E-state index in [9.17, 15) is 8.42 Å². The number of methoxy groups -OCH3 is 1. The highest BCUT2D eigenvalue weighted by Gasteiger charge is 2.25. The molecule has 0 amide bonds. The molecule has 0 bridgehead atoms. The molecule has 0 N–H and O–H groups in total. The van der Waals surface area contributed by atoms with E-state index in [1.807, 2.05) is 26.8 Å². The summed E-state index contributed by atoms with van der Waals surface area (Å²) in [6.07, 6.45) is 1.35. The van der Waals surface area contributed by atoms with Crippen molar-refractivity contribution < 1.29 is 13.2 Å². The summed E-state index contributed by atoms with van der Waals surface area (Å²) < 4.78 is 32.7. The van der Waals surface area contributed by atoms with Gasteiger partial charge in [-0.25, -0.2) is 17.4 Å². The molecule has 1 heterocycles. The van der Waals surface area contributed by atoms with E-state index in [2.05, 4.69) is 4.98 Å². The van der Waals surface area contributed by atoms with Crippen LogP contribution in [-0.4, -0.2) is 24.5 Å². The van der Waals surface area contributed by atoms with Crippen molar-refractivity contribution in [2.75, 3.05) is 7.11 Å². The molecule has 0 aliphatic rings. The summed E-state index contributed by atoms with van der Waals surface area (Å²) in [5.41, 5.74) is 1.81. The first-order valence-corrected chi connectivity index (χ1v) is 9.05. The van der Waals surface area contributed by atoms with Gasteiger partial charge in [0.1, 0.15) is 12.1 Å². The van der Waals surface area contributed by atoms with E-state index in [0.29, 0.717) is 16.8 Å². The van der Waals surface area contributed by atoms with Gasteiger partial charge in [-0.2, -0.15) is 0 Å². The molecule has 3 aromatic rings. The SMILES string of the molecule is COc1ccc(S(=O)(=O)n2cnc3ccccc32)cc1C(C)(C)C. The van der Waals surface area contributed by atoms with Crippen molar-refractivity contribution in [3.8, 4) is 5.75 Å². The van der Waals surface area contributed by atoms with Gasteiger partial charge in [-0.05, 0) is 35.7 Å². The second-order valence-corrected chi connectivity index (χ2v) is 8.46. The summed E-state index contributed by atoms with van der Waals surface area (Å²) in [6, 6.07) is 12.1. The standard InChI is InChI=1S/C18H20N2O3S/c1-18(2,3)14-11-13(9-10-17(14)23-4)24(21,22)20-12-19-15-7-5-6-8-16(15)20/h5-12H,1-4H3. The van der Waals surface area contributed by atoms with E-state index in [1.54, 1.807) is 43.5 Å². The smallest absolute Gasteiger partial charge is 0.269 e. The summed E-state index contributed by atoms with van der Waals surface area (Å²) >= 11 is 0. The predicted octanol–water partition coefficient (Wildman–Crippen LogP) is 3.58. The Bertz CT molecular complexity index is 999. The third kappa shape index (κ3) is 2.67. The molecular formula is C18H20N2O3S. The average molecular weight is 344 g/mol.